The molecule has 1 heterocycles. The van der Waals surface area contributed by atoms with Crippen molar-refractivity contribution >= 4 is 23.4 Å². The van der Waals surface area contributed by atoms with Crippen LogP contribution in [-0.2, 0) is 17.6 Å². The molecule has 1 aromatic carbocycles. The third kappa shape index (κ3) is 4.07. The molecule has 0 aliphatic rings. The lowest BCUT2D eigenvalue weighted by atomic mass is 10.0. The van der Waals surface area contributed by atoms with E-state index < -0.39 is 0 Å². The minimum atomic E-state index is -0.0635. The van der Waals surface area contributed by atoms with Crippen molar-refractivity contribution in [1.82, 2.24) is 10.2 Å². The van der Waals surface area contributed by atoms with Crippen LogP contribution in [0, 0.1) is 6.92 Å². The van der Waals surface area contributed by atoms with Crippen LogP contribution in [0.4, 0.5) is 5.69 Å². The third-order valence-electron chi connectivity index (χ3n) is 3.10. The highest BCUT2D eigenvalue weighted by atomic mass is 32.2. The second-order valence-corrected chi connectivity index (χ2v) is 5.51. The highest BCUT2D eigenvalue weighted by molar-refractivity contribution is 7.99. The third-order valence-corrected chi connectivity index (χ3v) is 3.92. The number of hydrogen-bond acceptors (Lipinski definition) is 5. The Bertz CT molecular complexity index is 603. The first-order valence-corrected chi connectivity index (χ1v) is 7.96. The molecule has 6 heteroatoms. The smallest absolute Gasteiger partial charge is 0.277 e. The lowest BCUT2D eigenvalue weighted by molar-refractivity contribution is -0.113. The number of benzene rings is 1. The molecule has 1 N–H and O–H groups in total. The molecule has 21 heavy (non-hydrogen) atoms. The first-order chi connectivity index (χ1) is 10.1. The van der Waals surface area contributed by atoms with E-state index in [1.807, 2.05) is 18.2 Å². The number of para-hydroxylation sites is 1. The molecule has 1 aromatic heterocycles. The molecule has 0 fully saturated rings. The summed E-state index contributed by atoms with van der Waals surface area (Å²) in [6.45, 7) is 5.89. The van der Waals surface area contributed by atoms with Crippen LogP contribution < -0.4 is 5.32 Å². The highest BCUT2D eigenvalue weighted by Crippen LogP contribution is 2.23. The Kier molecular flexibility index (Phi) is 5.38. The predicted molar refractivity (Wildman–Crippen MR) is 83.6 cm³/mol. The summed E-state index contributed by atoms with van der Waals surface area (Å²) in [5.74, 6) is 0.692. The van der Waals surface area contributed by atoms with Gasteiger partial charge < -0.3 is 9.73 Å². The van der Waals surface area contributed by atoms with Gasteiger partial charge in [-0.3, -0.25) is 4.79 Å². The van der Waals surface area contributed by atoms with Crippen LogP contribution in [0.15, 0.2) is 27.8 Å². The maximum atomic E-state index is 12.1. The molecule has 0 spiro atoms. The van der Waals surface area contributed by atoms with Gasteiger partial charge in [-0.15, -0.1) is 10.2 Å². The van der Waals surface area contributed by atoms with E-state index in [-0.39, 0.29) is 11.7 Å². The fourth-order valence-corrected chi connectivity index (χ4v) is 2.65. The summed E-state index contributed by atoms with van der Waals surface area (Å²) in [6.07, 6.45) is 1.78. The van der Waals surface area contributed by atoms with Crippen LogP contribution in [-0.4, -0.2) is 21.9 Å². The summed E-state index contributed by atoms with van der Waals surface area (Å²) < 4.78 is 5.23. The van der Waals surface area contributed by atoms with E-state index in [0.29, 0.717) is 11.1 Å². The summed E-state index contributed by atoms with van der Waals surface area (Å²) >= 11 is 1.24. The van der Waals surface area contributed by atoms with Gasteiger partial charge in [-0.05, 0) is 24.0 Å². The van der Waals surface area contributed by atoms with Crippen LogP contribution in [0.1, 0.15) is 30.9 Å². The monoisotopic (exact) mass is 305 g/mol. The van der Waals surface area contributed by atoms with Gasteiger partial charge in [-0.25, -0.2) is 0 Å². The molecule has 0 aliphatic carbocycles. The summed E-state index contributed by atoms with van der Waals surface area (Å²) in [4.78, 5) is 12.1. The van der Waals surface area contributed by atoms with Gasteiger partial charge in [0.25, 0.3) is 5.22 Å². The zero-order valence-electron chi connectivity index (χ0n) is 12.5. The quantitative estimate of drug-likeness (QED) is 0.830. The number of nitrogens with one attached hydrogen (secondary N) is 1. The molecule has 0 radical (unpaired) electrons. The molecule has 2 aromatic rings. The molecular weight excluding hydrogens is 286 g/mol. The number of aromatic nitrogens is 2. The number of carbonyl (C=O) groups is 1. The summed E-state index contributed by atoms with van der Waals surface area (Å²) in [6, 6.07) is 6.12. The van der Waals surface area contributed by atoms with Gasteiger partial charge in [-0.1, -0.05) is 43.8 Å². The van der Waals surface area contributed by atoms with Crippen molar-refractivity contribution in [3.05, 3.63) is 35.2 Å². The number of nitrogens with zero attached hydrogens (tertiary/aromatic N) is 2. The van der Waals surface area contributed by atoms with E-state index in [1.165, 1.54) is 11.8 Å². The molecule has 0 atom stereocenters. The number of amides is 1. The number of hydrogen-bond donors (Lipinski definition) is 1. The van der Waals surface area contributed by atoms with Crippen molar-refractivity contribution < 1.29 is 9.21 Å². The van der Waals surface area contributed by atoms with E-state index in [1.54, 1.807) is 6.92 Å². The van der Waals surface area contributed by atoms with Gasteiger partial charge in [0, 0.05) is 12.6 Å². The topological polar surface area (TPSA) is 68.0 Å². The van der Waals surface area contributed by atoms with Crippen molar-refractivity contribution in [2.45, 2.75) is 38.8 Å². The lowest BCUT2D eigenvalue weighted by Gasteiger charge is -2.13. The second kappa shape index (κ2) is 7.26. The standard InChI is InChI=1S/C15H19N3O2S/c1-4-11-7-6-8-12(5-2)14(11)16-13(19)9-21-15-18-17-10(3)20-15/h6-8H,4-5,9H2,1-3H3,(H,16,19). The highest BCUT2D eigenvalue weighted by Gasteiger charge is 2.12. The largest absolute Gasteiger partial charge is 0.416 e. The molecule has 0 saturated carbocycles. The Hall–Kier alpha value is -1.82. The fourth-order valence-electron chi connectivity index (χ4n) is 2.04. The summed E-state index contributed by atoms with van der Waals surface area (Å²) in [5, 5.41) is 11.0. The van der Waals surface area contributed by atoms with Crippen molar-refractivity contribution in [3.8, 4) is 0 Å². The van der Waals surface area contributed by atoms with Crippen LogP contribution >= 0.6 is 11.8 Å². The average molecular weight is 305 g/mol. The molecule has 112 valence electrons. The normalized spacial score (nSPS) is 10.6. The van der Waals surface area contributed by atoms with E-state index in [9.17, 15) is 4.79 Å². The van der Waals surface area contributed by atoms with Crippen molar-refractivity contribution in [2.24, 2.45) is 0 Å². The van der Waals surface area contributed by atoms with Crippen LogP contribution in [0.3, 0.4) is 0 Å². The van der Waals surface area contributed by atoms with Crippen molar-refractivity contribution in [1.29, 1.82) is 0 Å². The Balaban J connectivity index is 2.02. The Labute approximate surface area is 128 Å². The Morgan fingerprint density at radius 3 is 2.43 bits per heavy atom. The molecule has 0 bridgehead atoms. The molecule has 1 amide bonds. The molecule has 0 saturated heterocycles. The van der Waals surface area contributed by atoms with Gasteiger partial charge in [0.1, 0.15) is 0 Å². The zero-order chi connectivity index (χ0) is 15.2. The molecule has 5 nitrogen and oxygen atoms in total. The van der Waals surface area contributed by atoms with Gasteiger partial charge in [0.2, 0.25) is 11.8 Å². The van der Waals surface area contributed by atoms with Gasteiger partial charge in [0.05, 0.1) is 5.75 Å². The SMILES string of the molecule is CCc1cccc(CC)c1NC(=O)CSc1nnc(C)o1. The van der Waals surface area contributed by atoms with Crippen molar-refractivity contribution in [3.63, 3.8) is 0 Å². The second-order valence-electron chi connectivity index (χ2n) is 4.58. The van der Waals surface area contributed by atoms with Crippen LogP contribution in [0.5, 0.6) is 0 Å². The Morgan fingerprint density at radius 1 is 1.24 bits per heavy atom. The molecule has 0 unspecified atom stereocenters. The number of rotatable bonds is 6. The van der Waals surface area contributed by atoms with E-state index >= 15 is 0 Å². The van der Waals surface area contributed by atoms with Gasteiger partial charge >= 0.3 is 0 Å². The lowest BCUT2D eigenvalue weighted by Crippen LogP contribution is -2.16. The minimum absolute atomic E-state index is 0.0635. The van der Waals surface area contributed by atoms with Crippen molar-refractivity contribution in [2.75, 3.05) is 11.1 Å². The molecule has 0 aliphatic heterocycles. The summed E-state index contributed by atoms with van der Waals surface area (Å²) in [7, 11) is 0. The van der Waals surface area contributed by atoms with Crippen LogP contribution in [0.25, 0.3) is 0 Å². The number of anilines is 1. The average Bonchev–Trinajstić information content (AvgIpc) is 2.91. The maximum Gasteiger partial charge on any atom is 0.277 e. The maximum absolute atomic E-state index is 12.1. The van der Waals surface area contributed by atoms with E-state index in [2.05, 4.69) is 29.4 Å². The fraction of sp³-hybridized carbons (Fsp3) is 0.400. The number of thioether (sulfide) groups is 1. The van der Waals surface area contributed by atoms with Gasteiger partial charge in [0.15, 0.2) is 0 Å². The molecular formula is C15H19N3O2S. The van der Waals surface area contributed by atoms with Crippen LogP contribution in [0.2, 0.25) is 0 Å². The summed E-state index contributed by atoms with van der Waals surface area (Å²) in [5.41, 5.74) is 3.25. The number of carbonyl (C=O) groups excluding carboxylic acids is 1. The molecule has 2 rings (SSSR count). The first-order valence-electron chi connectivity index (χ1n) is 6.97. The van der Waals surface area contributed by atoms with E-state index in [4.69, 9.17) is 4.42 Å². The van der Waals surface area contributed by atoms with Gasteiger partial charge in [-0.2, -0.15) is 0 Å². The first kappa shape index (κ1) is 15.6. The zero-order valence-corrected chi connectivity index (χ0v) is 13.3. The Morgan fingerprint density at radius 2 is 1.90 bits per heavy atom. The number of aryl methyl sites for hydroxylation is 3. The predicted octanol–water partition coefficient (Wildman–Crippen LogP) is 3.23. The minimum Gasteiger partial charge on any atom is -0.416 e. The van der Waals surface area contributed by atoms with E-state index in [0.717, 1.165) is 29.7 Å².